The summed E-state index contributed by atoms with van der Waals surface area (Å²) in [6, 6.07) is 0. The Bertz CT molecular complexity index is 54.4. The van der Waals surface area contributed by atoms with E-state index in [4.69, 9.17) is 0 Å². The summed E-state index contributed by atoms with van der Waals surface area (Å²) in [5.41, 5.74) is 0. The van der Waals surface area contributed by atoms with Crippen LogP contribution in [-0.4, -0.2) is 25.3 Å². The molecule has 1 fully saturated rings. The van der Waals surface area contributed by atoms with Crippen LogP contribution in [0.4, 0.5) is 0 Å². The molecule has 0 aliphatic carbocycles. The van der Waals surface area contributed by atoms with Gasteiger partial charge in [-0.3, -0.25) is 0 Å². The fourth-order valence-electron chi connectivity index (χ4n) is 1.000. The van der Waals surface area contributed by atoms with Gasteiger partial charge in [0.05, 0.1) is 0 Å². The minimum absolute atomic E-state index is 0. The second kappa shape index (κ2) is 4.48. The third-order valence-corrected chi connectivity index (χ3v) is 1.51. The maximum Gasteiger partial charge on any atom is 0.205 e. The Hall–Kier alpha value is 0.609. The third kappa shape index (κ3) is 2.25. The Balaban J connectivity index is 0.000000490. The molecule has 1 heterocycles. The Morgan fingerprint density at radius 3 is 2.00 bits per heavy atom. The van der Waals surface area contributed by atoms with E-state index in [1.165, 1.54) is 25.9 Å². The summed E-state index contributed by atoms with van der Waals surface area (Å²) >= 11 is 0. The number of hydrogen-bond donors (Lipinski definition) is 0. The van der Waals surface area contributed by atoms with Crippen molar-refractivity contribution in [3.05, 3.63) is 0 Å². The van der Waals surface area contributed by atoms with Crippen LogP contribution in [-0.2, 0) is 18.6 Å². The van der Waals surface area contributed by atoms with E-state index in [1.54, 1.807) is 0 Å². The second-order valence-corrected chi connectivity index (χ2v) is 2.00. The first-order chi connectivity index (χ1) is 3.43. The van der Waals surface area contributed by atoms with Crippen LogP contribution in [0.1, 0.15) is 12.8 Å². The molecule has 0 aromatic rings. The first kappa shape index (κ1) is 8.61. The third-order valence-electron chi connectivity index (χ3n) is 1.51. The van der Waals surface area contributed by atoms with Crippen molar-refractivity contribution in [2.75, 3.05) is 13.1 Å². The van der Waals surface area contributed by atoms with Crippen LogP contribution in [0, 0.1) is 0 Å². The molecule has 0 N–H and O–H groups in total. The molecule has 44 valence electrons. The van der Waals surface area contributed by atoms with Crippen LogP contribution in [0.5, 0.6) is 0 Å². The largest absolute Gasteiger partial charge is 0.347 e. The van der Waals surface area contributed by atoms with Gasteiger partial charge >= 0.3 is 0 Å². The van der Waals surface area contributed by atoms with Crippen LogP contribution >= 0.6 is 0 Å². The zero-order valence-electron chi connectivity index (χ0n) is 5.30. The molecule has 0 aromatic carbocycles. The van der Waals surface area contributed by atoms with E-state index in [0.717, 1.165) is 0 Å². The monoisotopic (exact) mass is 147 g/mol. The van der Waals surface area contributed by atoms with Crippen molar-refractivity contribution >= 4 is 7.41 Å². The summed E-state index contributed by atoms with van der Waals surface area (Å²) in [7, 11) is 2.17. The van der Waals surface area contributed by atoms with E-state index in [2.05, 4.69) is 19.0 Å². The van der Waals surface area contributed by atoms with Gasteiger partial charge in [0, 0.05) is 18.6 Å². The molecule has 2 radical (unpaired) electrons. The summed E-state index contributed by atoms with van der Waals surface area (Å²) in [6.07, 6.45) is 2.79. The Labute approximate surface area is 64.0 Å². The van der Waals surface area contributed by atoms with Crippen molar-refractivity contribution in [1.82, 2.24) is 4.81 Å². The SMILES string of the molecule is C[B]N1CCCC1.[V]. The zero-order chi connectivity index (χ0) is 5.11. The summed E-state index contributed by atoms with van der Waals surface area (Å²) in [4.78, 5) is 2.36. The van der Waals surface area contributed by atoms with E-state index in [9.17, 15) is 0 Å². The van der Waals surface area contributed by atoms with Crippen molar-refractivity contribution in [1.29, 1.82) is 0 Å². The summed E-state index contributed by atoms with van der Waals surface area (Å²) in [5.74, 6) is 0. The minimum Gasteiger partial charge on any atom is -0.347 e. The molecule has 0 aromatic heterocycles. The molecule has 0 bridgehead atoms. The minimum atomic E-state index is 0. The van der Waals surface area contributed by atoms with Crippen molar-refractivity contribution < 1.29 is 18.6 Å². The van der Waals surface area contributed by atoms with Gasteiger partial charge in [0.15, 0.2) is 0 Å². The van der Waals surface area contributed by atoms with Gasteiger partial charge < -0.3 is 4.81 Å². The predicted molar refractivity (Wildman–Crippen MR) is 32.4 cm³/mol. The molecular weight excluding hydrogens is 136 g/mol. The first-order valence-electron chi connectivity index (χ1n) is 2.97. The normalized spacial score (nSPS) is 20.1. The van der Waals surface area contributed by atoms with Gasteiger partial charge in [0.2, 0.25) is 7.41 Å². The van der Waals surface area contributed by atoms with E-state index in [1.807, 2.05) is 0 Å². The Kier molecular flexibility index (Phi) is 4.83. The van der Waals surface area contributed by atoms with Crippen LogP contribution < -0.4 is 0 Å². The Morgan fingerprint density at radius 2 is 1.75 bits per heavy atom. The van der Waals surface area contributed by atoms with Crippen LogP contribution in [0.2, 0.25) is 6.82 Å². The standard InChI is InChI=1S/C5H11BN.V/c1-6-7-4-2-3-5-7;/h2-5H2,1H3;. The molecule has 0 atom stereocenters. The Morgan fingerprint density at radius 1 is 1.25 bits per heavy atom. The van der Waals surface area contributed by atoms with Gasteiger partial charge in [-0.25, -0.2) is 0 Å². The average molecular weight is 147 g/mol. The number of nitrogens with zero attached hydrogens (tertiary/aromatic N) is 1. The average Bonchev–Trinajstić information content (AvgIpc) is 2.14. The van der Waals surface area contributed by atoms with Gasteiger partial charge in [-0.05, 0) is 25.9 Å². The van der Waals surface area contributed by atoms with Gasteiger partial charge in [-0.1, -0.05) is 6.82 Å². The van der Waals surface area contributed by atoms with Crippen molar-refractivity contribution in [3.8, 4) is 0 Å². The van der Waals surface area contributed by atoms with Crippen LogP contribution in [0.3, 0.4) is 0 Å². The van der Waals surface area contributed by atoms with Crippen molar-refractivity contribution in [3.63, 3.8) is 0 Å². The molecule has 1 nitrogen and oxygen atoms in total. The number of rotatable bonds is 1. The zero-order valence-corrected chi connectivity index (χ0v) is 6.70. The van der Waals surface area contributed by atoms with Crippen molar-refractivity contribution in [2.24, 2.45) is 0 Å². The smallest absolute Gasteiger partial charge is 0.205 e. The van der Waals surface area contributed by atoms with E-state index in [-0.39, 0.29) is 18.6 Å². The molecule has 0 amide bonds. The molecule has 1 rings (SSSR count). The fraction of sp³-hybridized carbons (Fsp3) is 1.00. The molecule has 0 unspecified atom stereocenters. The molecule has 1 aliphatic heterocycles. The van der Waals surface area contributed by atoms with Crippen LogP contribution in [0.15, 0.2) is 0 Å². The first-order valence-corrected chi connectivity index (χ1v) is 2.97. The molecule has 1 saturated heterocycles. The molecule has 0 saturated carbocycles. The van der Waals surface area contributed by atoms with Gasteiger partial charge in [-0.2, -0.15) is 0 Å². The topological polar surface area (TPSA) is 3.24 Å². The fourth-order valence-corrected chi connectivity index (χ4v) is 1.000. The maximum absolute atomic E-state index is 2.36. The van der Waals surface area contributed by atoms with Crippen LogP contribution in [0.25, 0.3) is 0 Å². The second-order valence-electron chi connectivity index (χ2n) is 2.00. The quantitative estimate of drug-likeness (QED) is 0.494. The van der Waals surface area contributed by atoms with Gasteiger partial charge in [-0.15, -0.1) is 0 Å². The summed E-state index contributed by atoms with van der Waals surface area (Å²) in [5, 5.41) is 0. The molecule has 8 heavy (non-hydrogen) atoms. The van der Waals surface area contributed by atoms with E-state index >= 15 is 0 Å². The maximum atomic E-state index is 2.36. The van der Waals surface area contributed by atoms with Crippen molar-refractivity contribution in [2.45, 2.75) is 19.7 Å². The predicted octanol–water partition coefficient (Wildman–Crippen LogP) is 0.747. The number of hydrogen-bond acceptors (Lipinski definition) is 1. The molecule has 0 spiro atoms. The summed E-state index contributed by atoms with van der Waals surface area (Å²) in [6.45, 7) is 4.68. The summed E-state index contributed by atoms with van der Waals surface area (Å²) < 4.78 is 0. The van der Waals surface area contributed by atoms with Gasteiger partial charge in [0.25, 0.3) is 0 Å². The van der Waals surface area contributed by atoms with E-state index in [0.29, 0.717) is 0 Å². The molecule has 3 heteroatoms. The molecular formula is C5H11BNV. The van der Waals surface area contributed by atoms with Gasteiger partial charge in [0.1, 0.15) is 0 Å². The van der Waals surface area contributed by atoms with E-state index < -0.39 is 0 Å². The molecule has 1 aliphatic rings.